The van der Waals surface area contributed by atoms with Crippen molar-refractivity contribution >= 4 is 23.1 Å². The molecule has 1 aromatic heterocycles. The highest BCUT2D eigenvalue weighted by molar-refractivity contribution is 7.80. The molecule has 1 heterocycles. The van der Waals surface area contributed by atoms with Gasteiger partial charge in [-0.05, 0) is 13.0 Å². The Labute approximate surface area is 100 Å². The summed E-state index contributed by atoms with van der Waals surface area (Å²) in [5.74, 6) is -0.0649. The van der Waals surface area contributed by atoms with Gasteiger partial charge in [0.15, 0.2) is 0 Å². The van der Waals surface area contributed by atoms with E-state index in [-0.39, 0.29) is 11.8 Å². The first kappa shape index (κ1) is 12.6. The van der Waals surface area contributed by atoms with Crippen molar-refractivity contribution in [1.82, 2.24) is 15.1 Å². The maximum Gasteiger partial charge on any atom is 0.271 e. The minimum atomic E-state index is -0.0805. The Balaban J connectivity index is 2.68. The maximum atomic E-state index is 12.0. The number of hydrogen-bond acceptors (Lipinski definition) is 3. The summed E-state index contributed by atoms with van der Waals surface area (Å²) in [6, 6.07) is 1.65. The van der Waals surface area contributed by atoms with Crippen LogP contribution < -0.4 is 5.73 Å². The molecule has 0 aliphatic rings. The molecule has 88 valence electrons. The first-order chi connectivity index (χ1) is 7.56. The summed E-state index contributed by atoms with van der Waals surface area (Å²) in [4.78, 5) is 14.1. The summed E-state index contributed by atoms with van der Waals surface area (Å²) < 4.78 is 0. The van der Waals surface area contributed by atoms with E-state index >= 15 is 0 Å². The van der Waals surface area contributed by atoms with Gasteiger partial charge in [0.1, 0.15) is 5.69 Å². The summed E-state index contributed by atoms with van der Waals surface area (Å²) in [6.07, 6.45) is 1.55. The lowest BCUT2D eigenvalue weighted by Crippen LogP contribution is -2.38. The number of carbonyl (C=O) groups excluding carboxylic acids is 1. The lowest BCUT2D eigenvalue weighted by Gasteiger charge is -2.23. The minimum absolute atomic E-state index is 0.0156. The number of carbonyl (C=O) groups is 1. The topological polar surface area (TPSA) is 75.0 Å². The SMILES string of the molecule is CCN(CC(C)C(N)=S)C(=O)c1ccn[nH]1. The summed E-state index contributed by atoms with van der Waals surface area (Å²) in [7, 11) is 0. The van der Waals surface area contributed by atoms with Crippen LogP contribution in [0.4, 0.5) is 0 Å². The van der Waals surface area contributed by atoms with Gasteiger partial charge < -0.3 is 10.6 Å². The molecule has 1 amide bonds. The van der Waals surface area contributed by atoms with Gasteiger partial charge in [-0.15, -0.1) is 0 Å². The van der Waals surface area contributed by atoms with Crippen LogP contribution in [-0.2, 0) is 0 Å². The number of amides is 1. The lowest BCUT2D eigenvalue weighted by atomic mass is 10.1. The van der Waals surface area contributed by atoms with Gasteiger partial charge in [-0.1, -0.05) is 19.1 Å². The van der Waals surface area contributed by atoms with Crippen molar-refractivity contribution in [3.63, 3.8) is 0 Å². The largest absolute Gasteiger partial charge is 0.393 e. The van der Waals surface area contributed by atoms with E-state index in [1.54, 1.807) is 17.2 Å². The predicted molar refractivity (Wildman–Crippen MR) is 66.1 cm³/mol. The van der Waals surface area contributed by atoms with Crippen LogP contribution in [0.25, 0.3) is 0 Å². The second-order valence-corrected chi connectivity index (χ2v) is 4.09. The Morgan fingerprint density at radius 3 is 2.88 bits per heavy atom. The number of nitrogens with zero attached hydrogens (tertiary/aromatic N) is 2. The van der Waals surface area contributed by atoms with Crippen LogP contribution in [0.5, 0.6) is 0 Å². The quantitative estimate of drug-likeness (QED) is 0.746. The van der Waals surface area contributed by atoms with Crippen molar-refractivity contribution < 1.29 is 4.79 Å². The van der Waals surface area contributed by atoms with Gasteiger partial charge in [-0.3, -0.25) is 9.89 Å². The molecule has 0 radical (unpaired) electrons. The van der Waals surface area contributed by atoms with Crippen molar-refractivity contribution in [2.75, 3.05) is 13.1 Å². The Bertz CT molecular complexity index is 363. The van der Waals surface area contributed by atoms with Crippen LogP contribution in [-0.4, -0.2) is 39.1 Å². The molecule has 0 fully saturated rings. The molecule has 0 aromatic carbocycles. The normalized spacial score (nSPS) is 12.1. The second kappa shape index (κ2) is 5.60. The molecule has 1 atom stereocenters. The first-order valence-electron chi connectivity index (χ1n) is 5.14. The number of rotatable bonds is 5. The van der Waals surface area contributed by atoms with Crippen LogP contribution >= 0.6 is 12.2 Å². The Morgan fingerprint density at radius 2 is 2.44 bits per heavy atom. The highest BCUT2D eigenvalue weighted by Gasteiger charge is 2.18. The number of thiocarbonyl (C=S) groups is 1. The van der Waals surface area contributed by atoms with Gasteiger partial charge in [0.25, 0.3) is 5.91 Å². The zero-order valence-electron chi connectivity index (χ0n) is 9.43. The van der Waals surface area contributed by atoms with Crippen molar-refractivity contribution in [3.05, 3.63) is 18.0 Å². The predicted octanol–water partition coefficient (Wildman–Crippen LogP) is 0.794. The molecule has 5 nitrogen and oxygen atoms in total. The average molecular weight is 240 g/mol. The van der Waals surface area contributed by atoms with E-state index in [2.05, 4.69) is 10.2 Å². The summed E-state index contributed by atoms with van der Waals surface area (Å²) in [5.41, 5.74) is 6.01. The lowest BCUT2D eigenvalue weighted by molar-refractivity contribution is 0.0749. The molecule has 6 heteroatoms. The van der Waals surface area contributed by atoms with E-state index in [0.717, 1.165) is 0 Å². The molecular formula is C10H16N4OS. The van der Waals surface area contributed by atoms with Crippen molar-refractivity contribution in [2.45, 2.75) is 13.8 Å². The van der Waals surface area contributed by atoms with Gasteiger partial charge in [0, 0.05) is 25.2 Å². The molecule has 16 heavy (non-hydrogen) atoms. The molecule has 1 aromatic rings. The molecule has 0 aliphatic carbocycles. The van der Waals surface area contributed by atoms with E-state index in [9.17, 15) is 4.79 Å². The fourth-order valence-corrected chi connectivity index (χ4v) is 1.40. The average Bonchev–Trinajstić information content (AvgIpc) is 2.77. The molecule has 0 spiro atoms. The Hall–Kier alpha value is -1.43. The van der Waals surface area contributed by atoms with Crippen molar-refractivity contribution in [3.8, 4) is 0 Å². The summed E-state index contributed by atoms with van der Waals surface area (Å²) >= 11 is 4.89. The molecule has 0 saturated heterocycles. The summed E-state index contributed by atoms with van der Waals surface area (Å²) in [6.45, 7) is 4.97. The molecule has 0 bridgehead atoms. The molecule has 0 aliphatic heterocycles. The third kappa shape index (κ3) is 3.03. The molecular weight excluding hydrogens is 224 g/mol. The smallest absolute Gasteiger partial charge is 0.271 e. The Morgan fingerprint density at radius 1 is 1.75 bits per heavy atom. The fraction of sp³-hybridized carbons (Fsp3) is 0.500. The fourth-order valence-electron chi connectivity index (χ4n) is 1.32. The van der Waals surface area contributed by atoms with E-state index in [0.29, 0.717) is 23.8 Å². The van der Waals surface area contributed by atoms with Gasteiger partial charge >= 0.3 is 0 Å². The standard InChI is InChI=1S/C10H16N4OS/c1-3-14(6-7(2)9(11)16)10(15)8-4-5-12-13-8/h4-5,7H,3,6H2,1-2H3,(H2,11,16)(H,12,13). The van der Waals surface area contributed by atoms with Crippen LogP contribution in [0.3, 0.4) is 0 Å². The van der Waals surface area contributed by atoms with E-state index < -0.39 is 0 Å². The maximum absolute atomic E-state index is 12.0. The molecule has 1 rings (SSSR count). The van der Waals surface area contributed by atoms with E-state index in [1.165, 1.54) is 0 Å². The molecule has 3 N–H and O–H groups in total. The van der Waals surface area contributed by atoms with Gasteiger partial charge in [-0.25, -0.2) is 0 Å². The third-order valence-corrected chi connectivity index (χ3v) is 2.78. The number of aromatic nitrogens is 2. The highest BCUT2D eigenvalue weighted by atomic mass is 32.1. The van der Waals surface area contributed by atoms with E-state index in [1.807, 2.05) is 13.8 Å². The molecule has 0 saturated carbocycles. The van der Waals surface area contributed by atoms with Crippen LogP contribution in [0.1, 0.15) is 24.3 Å². The summed E-state index contributed by atoms with van der Waals surface area (Å²) in [5, 5.41) is 6.40. The zero-order valence-corrected chi connectivity index (χ0v) is 10.3. The highest BCUT2D eigenvalue weighted by Crippen LogP contribution is 2.05. The minimum Gasteiger partial charge on any atom is -0.393 e. The van der Waals surface area contributed by atoms with Gasteiger partial charge in [0.2, 0.25) is 0 Å². The number of H-pyrrole nitrogens is 1. The van der Waals surface area contributed by atoms with Gasteiger partial charge in [0.05, 0.1) is 4.99 Å². The monoisotopic (exact) mass is 240 g/mol. The number of nitrogens with two attached hydrogens (primary N) is 1. The third-order valence-electron chi connectivity index (χ3n) is 2.38. The second-order valence-electron chi connectivity index (χ2n) is 3.62. The van der Waals surface area contributed by atoms with Crippen molar-refractivity contribution in [2.24, 2.45) is 11.7 Å². The Kier molecular flexibility index (Phi) is 4.42. The van der Waals surface area contributed by atoms with Crippen LogP contribution in [0, 0.1) is 5.92 Å². The number of hydrogen-bond donors (Lipinski definition) is 2. The first-order valence-corrected chi connectivity index (χ1v) is 5.55. The zero-order chi connectivity index (χ0) is 12.1. The van der Waals surface area contributed by atoms with Crippen LogP contribution in [0.2, 0.25) is 0 Å². The number of aromatic amines is 1. The number of nitrogens with one attached hydrogen (secondary N) is 1. The van der Waals surface area contributed by atoms with Crippen molar-refractivity contribution in [1.29, 1.82) is 0 Å². The van der Waals surface area contributed by atoms with Gasteiger partial charge in [-0.2, -0.15) is 5.10 Å². The van der Waals surface area contributed by atoms with E-state index in [4.69, 9.17) is 18.0 Å². The van der Waals surface area contributed by atoms with Crippen LogP contribution in [0.15, 0.2) is 12.3 Å². The molecule has 1 unspecified atom stereocenters.